The lowest BCUT2D eigenvalue weighted by Gasteiger charge is -2.40. The highest BCUT2D eigenvalue weighted by atomic mass is 16.5. The van der Waals surface area contributed by atoms with Crippen LogP contribution in [0.25, 0.3) is 0 Å². The van der Waals surface area contributed by atoms with Gasteiger partial charge in [-0.15, -0.1) is 0 Å². The minimum Gasteiger partial charge on any atom is -0.497 e. The first-order chi connectivity index (χ1) is 15.0. The van der Waals surface area contributed by atoms with E-state index in [0.717, 1.165) is 18.4 Å². The first kappa shape index (κ1) is 22.5. The molecule has 2 amide bonds. The molecule has 2 atom stereocenters. The number of nitrogens with zero attached hydrogens (tertiary/aromatic N) is 1. The number of fused-ring (bicyclic) bond motifs is 1. The Morgan fingerprint density at radius 3 is 2.26 bits per heavy atom. The minimum absolute atomic E-state index is 0.123. The third-order valence-electron chi connectivity index (χ3n) is 5.74. The van der Waals surface area contributed by atoms with Gasteiger partial charge in [0.15, 0.2) is 11.5 Å². The third-order valence-corrected chi connectivity index (χ3v) is 5.74. The SMILES string of the molecule is CCCCNC(=O)[C@@H]1c2cc(OC)c(OC)cc2C(=O)N(C)[C@H]1c1ccc(OC)cc1. The lowest BCUT2D eigenvalue weighted by Crippen LogP contribution is -2.45. The summed E-state index contributed by atoms with van der Waals surface area (Å²) < 4.78 is 16.1. The van der Waals surface area contributed by atoms with Crippen molar-refractivity contribution in [3.63, 3.8) is 0 Å². The molecule has 0 spiro atoms. The Morgan fingerprint density at radius 1 is 1.03 bits per heavy atom. The molecule has 0 fully saturated rings. The Balaban J connectivity index is 2.15. The number of rotatable bonds is 8. The molecule has 1 aliphatic rings. The van der Waals surface area contributed by atoms with Gasteiger partial charge >= 0.3 is 0 Å². The van der Waals surface area contributed by atoms with E-state index in [-0.39, 0.29) is 11.8 Å². The molecule has 0 saturated carbocycles. The van der Waals surface area contributed by atoms with Crippen LogP contribution in [0.15, 0.2) is 36.4 Å². The number of carbonyl (C=O) groups is 2. The van der Waals surface area contributed by atoms with Crippen LogP contribution in [0.2, 0.25) is 0 Å². The molecule has 2 aromatic carbocycles. The van der Waals surface area contributed by atoms with Crippen molar-refractivity contribution >= 4 is 11.8 Å². The van der Waals surface area contributed by atoms with E-state index in [9.17, 15) is 9.59 Å². The maximum absolute atomic E-state index is 13.4. The first-order valence-corrected chi connectivity index (χ1v) is 10.4. The summed E-state index contributed by atoms with van der Waals surface area (Å²) in [6, 6.07) is 10.4. The van der Waals surface area contributed by atoms with Crippen molar-refractivity contribution in [2.24, 2.45) is 0 Å². The van der Waals surface area contributed by atoms with Gasteiger partial charge in [0, 0.05) is 19.2 Å². The van der Waals surface area contributed by atoms with Crippen LogP contribution in [0, 0.1) is 0 Å². The number of nitrogens with one attached hydrogen (secondary N) is 1. The molecule has 0 aliphatic carbocycles. The van der Waals surface area contributed by atoms with Crippen LogP contribution in [0.5, 0.6) is 17.2 Å². The lowest BCUT2D eigenvalue weighted by molar-refractivity contribution is -0.124. The number of hydrogen-bond donors (Lipinski definition) is 1. The largest absolute Gasteiger partial charge is 0.497 e. The second-order valence-electron chi connectivity index (χ2n) is 7.55. The van der Waals surface area contributed by atoms with Gasteiger partial charge in [-0.1, -0.05) is 25.5 Å². The zero-order chi connectivity index (χ0) is 22.5. The molecule has 0 radical (unpaired) electrons. The summed E-state index contributed by atoms with van der Waals surface area (Å²) in [6.07, 6.45) is 1.87. The van der Waals surface area contributed by atoms with E-state index >= 15 is 0 Å². The maximum Gasteiger partial charge on any atom is 0.254 e. The Kier molecular flexibility index (Phi) is 7.05. The average molecular weight is 427 g/mol. The Labute approximate surface area is 183 Å². The van der Waals surface area contributed by atoms with E-state index in [1.807, 2.05) is 24.3 Å². The summed E-state index contributed by atoms with van der Waals surface area (Å²) >= 11 is 0. The highest BCUT2D eigenvalue weighted by Gasteiger charge is 2.43. The molecule has 1 heterocycles. The highest BCUT2D eigenvalue weighted by molar-refractivity contribution is 6.02. The van der Waals surface area contributed by atoms with E-state index in [1.165, 1.54) is 14.2 Å². The number of ether oxygens (including phenoxy) is 3. The summed E-state index contributed by atoms with van der Waals surface area (Å²) in [7, 11) is 6.39. The molecule has 1 aliphatic heterocycles. The van der Waals surface area contributed by atoms with E-state index in [0.29, 0.717) is 34.9 Å². The van der Waals surface area contributed by atoms with E-state index in [1.54, 1.807) is 31.2 Å². The molecule has 2 aromatic rings. The van der Waals surface area contributed by atoms with Crippen molar-refractivity contribution in [3.05, 3.63) is 53.1 Å². The standard InChI is InChI=1S/C24H30N2O5/c1-6-7-12-25-23(27)21-17-13-19(30-4)20(31-5)14-18(17)24(28)26(2)22(21)15-8-10-16(29-3)11-9-15/h8-11,13-14,21-22H,6-7,12H2,1-5H3,(H,25,27)/t21-,22+/m1/s1. The van der Waals surface area contributed by atoms with Gasteiger partial charge in [0.1, 0.15) is 5.75 Å². The summed E-state index contributed by atoms with van der Waals surface area (Å²) in [5.74, 6) is 0.762. The second-order valence-corrected chi connectivity index (χ2v) is 7.55. The van der Waals surface area contributed by atoms with Gasteiger partial charge in [0.25, 0.3) is 5.91 Å². The fraction of sp³-hybridized carbons (Fsp3) is 0.417. The fourth-order valence-electron chi connectivity index (χ4n) is 4.05. The van der Waals surface area contributed by atoms with Crippen molar-refractivity contribution in [1.82, 2.24) is 10.2 Å². The van der Waals surface area contributed by atoms with Crippen molar-refractivity contribution in [3.8, 4) is 17.2 Å². The number of hydrogen-bond acceptors (Lipinski definition) is 5. The second kappa shape index (κ2) is 9.73. The Morgan fingerprint density at radius 2 is 1.68 bits per heavy atom. The molecule has 7 nitrogen and oxygen atoms in total. The zero-order valence-electron chi connectivity index (χ0n) is 18.7. The zero-order valence-corrected chi connectivity index (χ0v) is 18.7. The Hall–Kier alpha value is -3.22. The van der Waals surface area contributed by atoms with Crippen molar-refractivity contribution in [1.29, 1.82) is 0 Å². The summed E-state index contributed by atoms with van der Waals surface area (Å²) in [4.78, 5) is 28.3. The lowest BCUT2D eigenvalue weighted by atomic mass is 9.79. The smallest absolute Gasteiger partial charge is 0.254 e. The van der Waals surface area contributed by atoms with Crippen LogP contribution < -0.4 is 19.5 Å². The summed E-state index contributed by atoms with van der Waals surface area (Å²) in [5.41, 5.74) is 1.93. The average Bonchev–Trinajstić information content (AvgIpc) is 2.80. The van der Waals surface area contributed by atoms with Gasteiger partial charge in [0.05, 0.1) is 33.3 Å². The molecule has 31 heavy (non-hydrogen) atoms. The van der Waals surface area contributed by atoms with Gasteiger partial charge in [0.2, 0.25) is 5.91 Å². The molecule has 1 N–H and O–H groups in total. The van der Waals surface area contributed by atoms with Gasteiger partial charge in [-0.25, -0.2) is 0 Å². The molecule has 7 heteroatoms. The number of methoxy groups -OCH3 is 3. The van der Waals surface area contributed by atoms with E-state index in [4.69, 9.17) is 14.2 Å². The van der Waals surface area contributed by atoms with Gasteiger partial charge in [-0.05, 0) is 41.8 Å². The van der Waals surface area contributed by atoms with Crippen LogP contribution in [0.3, 0.4) is 0 Å². The Bertz CT molecular complexity index is 942. The molecule has 0 saturated heterocycles. The molecule has 166 valence electrons. The molecule has 3 rings (SSSR count). The quantitative estimate of drug-likeness (QED) is 0.654. The number of likely N-dealkylation sites (N-methyl/N-ethyl adjacent to an activating group) is 1. The highest BCUT2D eigenvalue weighted by Crippen LogP contribution is 2.45. The van der Waals surface area contributed by atoms with Gasteiger partial charge in [-0.2, -0.15) is 0 Å². The van der Waals surface area contributed by atoms with Crippen molar-refractivity contribution in [2.45, 2.75) is 31.7 Å². The fourth-order valence-corrected chi connectivity index (χ4v) is 4.05. The van der Waals surface area contributed by atoms with Crippen LogP contribution in [0.1, 0.15) is 53.2 Å². The van der Waals surface area contributed by atoms with Gasteiger partial charge < -0.3 is 24.4 Å². The number of benzene rings is 2. The predicted octanol–water partition coefficient (Wildman–Crippen LogP) is 3.54. The molecule has 0 bridgehead atoms. The van der Waals surface area contributed by atoms with Crippen LogP contribution >= 0.6 is 0 Å². The van der Waals surface area contributed by atoms with Crippen molar-refractivity contribution in [2.75, 3.05) is 34.9 Å². The molecule has 0 unspecified atom stereocenters. The maximum atomic E-state index is 13.4. The first-order valence-electron chi connectivity index (χ1n) is 10.4. The molecular weight excluding hydrogens is 396 g/mol. The monoisotopic (exact) mass is 426 g/mol. The van der Waals surface area contributed by atoms with Crippen LogP contribution in [-0.4, -0.2) is 51.6 Å². The normalized spacial score (nSPS) is 17.7. The summed E-state index contributed by atoms with van der Waals surface area (Å²) in [6.45, 7) is 2.66. The van der Waals surface area contributed by atoms with E-state index in [2.05, 4.69) is 12.2 Å². The molecule has 0 aromatic heterocycles. The van der Waals surface area contributed by atoms with Crippen LogP contribution in [-0.2, 0) is 4.79 Å². The number of unbranched alkanes of at least 4 members (excludes halogenated alkanes) is 1. The predicted molar refractivity (Wildman–Crippen MR) is 118 cm³/mol. The third kappa shape index (κ3) is 4.31. The van der Waals surface area contributed by atoms with E-state index < -0.39 is 12.0 Å². The van der Waals surface area contributed by atoms with Crippen molar-refractivity contribution < 1.29 is 23.8 Å². The van der Waals surface area contributed by atoms with Crippen LogP contribution in [0.4, 0.5) is 0 Å². The molecular formula is C24H30N2O5. The summed E-state index contributed by atoms with van der Waals surface area (Å²) in [5, 5.41) is 3.04. The number of carbonyl (C=O) groups excluding carboxylic acids is 2. The number of amides is 2. The minimum atomic E-state index is -0.595. The van der Waals surface area contributed by atoms with Gasteiger partial charge in [-0.3, -0.25) is 9.59 Å². The topological polar surface area (TPSA) is 77.1 Å².